The summed E-state index contributed by atoms with van der Waals surface area (Å²) in [4.78, 5) is 24.8. The van der Waals surface area contributed by atoms with Crippen LogP contribution in [0.5, 0.6) is 5.75 Å². The third-order valence-electron chi connectivity index (χ3n) is 5.69. The molecule has 0 unspecified atom stereocenters. The first-order chi connectivity index (χ1) is 16.8. The van der Waals surface area contributed by atoms with Crippen molar-refractivity contribution in [3.8, 4) is 17.1 Å². The van der Waals surface area contributed by atoms with E-state index in [0.717, 1.165) is 23.6 Å². The predicted molar refractivity (Wildman–Crippen MR) is 122 cm³/mol. The first kappa shape index (κ1) is 24.5. The summed E-state index contributed by atoms with van der Waals surface area (Å²) < 4.78 is 49.1. The Hall–Kier alpha value is -3.63. The molecule has 1 saturated heterocycles. The van der Waals surface area contributed by atoms with Crippen molar-refractivity contribution in [2.24, 2.45) is 0 Å². The molecule has 1 fully saturated rings. The van der Waals surface area contributed by atoms with Gasteiger partial charge in [0, 0.05) is 50.8 Å². The third kappa shape index (κ3) is 6.28. The Kier molecular flexibility index (Phi) is 7.52. The van der Waals surface area contributed by atoms with Crippen LogP contribution >= 0.6 is 0 Å². The number of aromatic nitrogens is 3. The number of ether oxygens (including phenoxy) is 1. The molecule has 0 aliphatic carbocycles. The number of anilines is 1. The lowest BCUT2D eigenvalue weighted by Crippen LogP contribution is -2.35. The van der Waals surface area contributed by atoms with Crippen molar-refractivity contribution in [3.63, 3.8) is 0 Å². The molecule has 1 aromatic carbocycles. The monoisotopic (exact) mass is 489 g/mol. The summed E-state index contributed by atoms with van der Waals surface area (Å²) in [5, 5.41) is 4.00. The van der Waals surface area contributed by atoms with Gasteiger partial charge in [-0.1, -0.05) is 5.16 Å². The molecule has 3 aromatic rings. The van der Waals surface area contributed by atoms with Crippen LogP contribution in [0, 0.1) is 0 Å². The van der Waals surface area contributed by atoms with E-state index in [-0.39, 0.29) is 12.3 Å². The molecule has 35 heavy (non-hydrogen) atoms. The van der Waals surface area contributed by atoms with Gasteiger partial charge in [-0.15, -0.1) is 0 Å². The zero-order valence-corrected chi connectivity index (χ0v) is 19.3. The molecule has 1 amide bonds. The fourth-order valence-electron chi connectivity index (χ4n) is 3.85. The van der Waals surface area contributed by atoms with Gasteiger partial charge in [-0.3, -0.25) is 4.79 Å². The van der Waals surface area contributed by atoms with Gasteiger partial charge < -0.3 is 19.1 Å². The molecular weight excluding hydrogens is 463 g/mol. The minimum absolute atomic E-state index is 0.0342. The van der Waals surface area contributed by atoms with E-state index < -0.39 is 11.7 Å². The minimum Gasteiger partial charge on any atom is -0.494 e. The lowest BCUT2D eigenvalue weighted by atomic mass is 10.2. The molecule has 4 rings (SSSR count). The van der Waals surface area contributed by atoms with Crippen molar-refractivity contribution in [2.45, 2.75) is 32.4 Å². The Morgan fingerprint density at radius 1 is 1.09 bits per heavy atom. The lowest BCUT2D eigenvalue weighted by molar-refractivity contribution is -0.137. The highest BCUT2D eigenvalue weighted by Gasteiger charge is 2.31. The average molecular weight is 489 g/mol. The van der Waals surface area contributed by atoms with Crippen molar-refractivity contribution in [3.05, 3.63) is 54.0 Å². The fraction of sp³-hybridized carbons (Fsp3) is 0.417. The van der Waals surface area contributed by atoms with Gasteiger partial charge in [-0.2, -0.15) is 18.2 Å². The summed E-state index contributed by atoms with van der Waals surface area (Å²) in [6.45, 7) is 4.63. The van der Waals surface area contributed by atoms with Gasteiger partial charge in [-0.25, -0.2) is 4.98 Å². The highest BCUT2D eigenvalue weighted by molar-refractivity contribution is 5.76. The van der Waals surface area contributed by atoms with Gasteiger partial charge in [0.15, 0.2) is 0 Å². The maximum atomic E-state index is 12.8. The Morgan fingerprint density at radius 2 is 1.89 bits per heavy atom. The summed E-state index contributed by atoms with van der Waals surface area (Å²) in [5.41, 5.74) is 0.0128. The van der Waals surface area contributed by atoms with Crippen molar-refractivity contribution in [1.29, 1.82) is 0 Å². The molecule has 1 aliphatic heterocycles. The molecule has 0 atom stereocenters. The van der Waals surface area contributed by atoms with Crippen LogP contribution < -0.4 is 9.64 Å². The second-order valence-corrected chi connectivity index (χ2v) is 8.09. The molecule has 2 aromatic heterocycles. The zero-order chi connectivity index (χ0) is 24.8. The van der Waals surface area contributed by atoms with E-state index in [1.807, 2.05) is 36.1 Å². The second-order valence-electron chi connectivity index (χ2n) is 8.09. The van der Waals surface area contributed by atoms with E-state index in [1.165, 1.54) is 6.07 Å². The summed E-state index contributed by atoms with van der Waals surface area (Å²) in [5.74, 6) is 2.03. The number of benzene rings is 1. The number of amides is 1. The summed E-state index contributed by atoms with van der Waals surface area (Å²) in [6, 6.07) is 9.76. The van der Waals surface area contributed by atoms with Crippen LogP contribution in [-0.4, -0.2) is 58.7 Å². The van der Waals surface area contributed by atoms with E-state index in [9.17, 15) is 18.0 Å². The Balaban J connectivity index is 1.28. The molecule has 0 N–H and O–H groups in total. The van der Waals surface area contributed by atoms with Crippen LogP contribution in [-0.2, 0) is 17.4 Å². The third-order valence-corrected chi connectivity index (χ3v) is 5.69. The van der Waals surface area contributed by atoms with Gasteiger partial charge in [0.2, 0.25) is 17.6 Å². The van der Waals surface area contributed by atoms with E-state index in [0.29, 0.717) is 63.2 Å². The Bertz CT molecular complexity index is 1120. The van der Waals surface area contributed by atoms with Crippen molar-refractivity contribution >= 4 is 11.7 Å². The van der Waals surface area contributed by atoms with E-state index in [1.54, 1.807) is 4.90 Å². The molecule has 8 nitrogen and oxygen atoms in total. The number of hydrogen-bond donors (Lipinski definition) is 0. The molecule has 1 aliphatic rings. The summed E-state index contributed by atoms with van der Waals surface area (Å²) in [7, 11) is 0. The van der Waals surface area contributed by atoms with Crippen LogP contribution in [0.3, 0.4) is 0 Å². The van der Waals surface area contributed by atoms with Crippen molar-refractivity contribution in [2.75, 3.05) is 37.7 Å². The molecule has 0 radical (unpaired) electrons. The number of carbonyl (C=O) groups excluding carboxylic acids is 1. The minimum atomic E-state index is -4.42. The maximum absolute atomic E-state index is 12.8. The van der Waals surface area contributed by atoms with Crippen LogP contribution in [0.4, 0.5) is 19.0 Å². The van der Waals surface area contributed by atoms with E-state index >= 15 is 0 Å². The van der Waals surface area contributed by atoms with Gasteiger partial charge in [0.25, 0.3) is 0 Å². The number of alkyl halides is 3. The predicted octanol–water partition coefficient (Wildman–Crippen LogP) is 4.22. The van der Waals surface area contributed by atoms with Crippen LogP contribution in [0.2, 0.25) is 0 Å². The zero-order valence-electron chi connectivity index (χ0n) is 19.3. The molecule has 3 heterocycles. The maximum Gasteiger partial charge on any atom is 0.417 e. The van der Waals surface area contributed by atoms with Crippen molar-refractivity contribution < 1.29 is 27.2 Å². The molecule has 0 spiro atoms. The SMILES string of the molecule is CCOc1ccc(-c2noc(CCC(=O)N3CCCN(c4ccc(C(F)(F)F)cn4)CC3)n2)cc1. The Labute approximate surface area is 200 Å². The highest BCUT2D eigenvalue weighted by atomic mass is 19.4. The fourth-order valence-corrected chi connectivity index (χ4v) is 3.85. The van der Waals surface area contributed by atoms with Crippen LogP contribution in [0.15, 0.2) is 47.1 Å². The number of pyridine rings is 1. The number of carbonyl (C=O) groups is 1. The second kappa shape index (κ2) is 10.7. The van der Waals surface area contributed by atoms with Gasteiger partial charge in [-0.05, 0) is 49.7 Å². The number of halogens is 3. The number of rotatable bonds is 7. The molecule has 11 heteroatoms. The van der Waals surface area contributed by atoms with E-state index in [4.69, 9.17) is 9.26 Å². The first-order valence-electron chi connectivity index (χ1n) is 11.5. The number of aryl methyl sites for hydroxylation is 1. The normalized spacial score (nSPS) is 14.6. The highest BCUT2D eigenvalue weighted by Crippen LogP contribution is 2.29. The molecule has 0 saturated carbocycles. The van der Waals surface area contributed by atoms with Gasteiger partial charge in [0.1, 0.15) is 11.6 Å². The Morgan fingerprint density at radius 3 is 2.57 bits per heavy atom. The molecule has 186 valence electrons. The van der Waals surface area contributed by atoms with Crippen molar-refractivity contribution in [1.82, 2.24) is 20.0 Å². The van der Waals surface area contributed by atoms with Gasteiger partial charge in [0.05, 0.1) is 12.2 Å². The van der Waals surface area contributed by atoms with Crippen LogP contribution in [0.25, 0.3) is 11.4 Å². The van der Waals surface area contributed by atoms with E-state index in [2.05, 4.69) is 15.1 Å². The lowest BCUT2D eigenvalue weighted by Gasteiger charge is -2.23. The van der Waals surface area contributed by atoms with Crippen LogP contribution in [0.1, 0.15) is 31.2 Å². The average Bonchev–Trinajstić information content (AvgIpc) is 3.18. The first-order valence-corrected chi connectivity index (χ1v) is 11.5. The van der Waals surface area contributed by atoms with Gasteiger partial charge >= 0.3 is 6.18 Å². The largest absolute Gasteiger partial charge is 0.494 e. The molecule has 0 bridgehead atoms. The number of nitrogens with zero attached hydrogens (tertiary/aromatic N) is 5. The standard InChI is InChI=1S/C24H26F3N5O3/c1-2-34-19-7-4-17(5-8-19)23-29-21(35-30-23)10-11-22(33)32-13-3-12-31(14-15-32)20-9-6-18(16-28-20)24(25,26)27/h4-9,16H,2-3,10-15H2,1H3. The smallest absolute Gasteiger partial charge is 0.417 e. The topological polar surface area (TPSA) is 84.6 Å². The quantitative estimate of drug-likeness (QED) is 0.491. The number of hydrogen-bond acceptors (Lipinski definition) is 7. The molecular formula is C24H26F3N5O3. The summed E-state index contributed by atoms with van der Waals surface area (Å²) in [6.07, 6.45) is -2.33. The summed E-state index contributed by atoms with van der Waals surface area (Å²) >= 11 is 0.